The monoisotopic (exact) mass is 488 g/mol. The normalized spacial score (nSPS) is 15.4. The maximum Gasteiger partial charge on any atom is 0.410 e. The number of carbonyl (C=O) groups is 2. The summed E-state index contributed by atoms with van der Waals surface area (Å²) < 4.78 is 11.2. The van der Waals surface area contributed by atoms with Crippen molar-refractivity contribution in [3.63, 3.8) is 0 Å². The summed E-state index contributed by atoms with van der Waals surface area (Å²) in [6.07, 6.45) is -0.243. The molecule has 1 heterocycles. The van der Waals surface area contributed by atoms with E-state index in [2.05, 4.69) is 0 Å². The van der Waals surface area contributed by atoms with Crippen LogP contribution in [0.25, 0.3) is 0 Å². The molecule has 1 unspecified atom stereocenters. The molecular weight excluding hydrogens is 456 g/mol. The van der Waals surface area contributed by atoms with Crippen LogP contribution < -0.4 is 0 Å². The van der Waals surface area contributed by atoms with E-state index in [4.69, 9.17) is 9.47 Å². The number of amides is 2. The van der Waals surface area contributed by atoms with Gasteiger partial charge in [0.1, 0.15) is 13.2 Å². The number of hydrogen-bond donors (Lipinski definition) is 1. The molecule has 2 amide bonds. The van der Waals surface area contributed by atoms with Crippen molar-refractivity contribution in [2.75, 3.05) is 19.6 Å². The molecule has 0 bridgehead atoms. The van der Waals surface area contributed by atoms with Crippen LogP contribution in [0.15, 0.2) is 78.9 Å². The lowest BCUT2D eigenvalue weighted by molar-refractivity contribution is 0.0325. The minimum Gasteiger partial charge on any atom is -0.445 e. The van der Waals surface area contributed by atoms with Crippen molar-refractivity contribution < 1.29 is 24.2 Å². The summed E-state index contributed by atoms with van der Waals surface area (Å²) >= 11 is 0. The second-order valence-electron chi connectivity index (χ2n) is 9.00. The number of aliphatic hydroxyl groups is 1. The van der Waals surface area contributed by atoms with E-state index < -0.39 is 12.2 Å². The van der Waals surface area contributed by atoms with E-state index in [1.807, 2.05) is 85.8 Å². The third kappa shape index (κ3) is 6.64. The third-order valence-corrected chi connectivity index (χ3v) is 6.43. The lowest BCUT2D eigenvalue weighted by Crippen LogP contribution is -2.57. The van der Waals surface area contributed by atoms with Gasteiger partial charge >= 0.3 is 12.2 Å². The van der Waals surface area contributed by atoms with Crippen LogP contribution >= 0.6 is 0 Å². The minimum atomic E-state index is -0.398. The first-order valence-corrected chi connectivity index (χ1v) is 12.2. The van der Waals surface area contributed by atoms with E-state index in [0.29, 0.717) is 26.1 Å². The fourth-order valence-corrected chi connectivity index (χ4v) is 4.38. The Morgan fingerprint density at radius 3 is 2.03 bits per heavy atom. The van der Waals surface area contributed by atoms with Gasteiger partial charge in [0.15, 0.2) is 0 Å². The summed E-state index contributed by atoms with van der Waals surface area (Å²) in [4.78, 5) is 29.3. The number of aliphatic hydroxyl groups excluding tert-OH is 1. The fraction of sp³-hybridized carbons (Fsp3) is 0.310. The van der Waals surface area contributed by atoms with Gasteiger partial charge < -0.3 is 24.4 Å². The summed E-state index contributed by atoms with van der Waals surface area (Å²) in [5.74, 6) is 0. The van der Waals surface area contributed by atoms with E-state index >= 15 is 0 Å². The van der Waals surface area contributed by atoms with Gasteiger partial charge in [0.25, 0.3) is 0 Å². The number of benzene rings is 3. The Morgan fingerprint density at radius 2 is 1.44 bits per heavy atom. The van der Waals surface area contributed by atoms with E-state index in [-0.39, 0.29) is 25.9 Å². The first-order valence-electron chi connectivity index (χ1n) is 12.2. The topological polar surface area (TPSA) is 79.3 Å². The average molecular weight is 489 g/mol. The standard InChI is InChI=1S/C29H32N2O5/c1-22-16-25(12-13-26(22)19-32)17-27-18-30(28(33)35-20-23-8-4-2-5-9-23)14-15-31(27)29(34)36-21-24-10-6-3-7-11-24/h2-13,16,27,32H,14-15,17-21H2,1H3. The largest absolute Gasteiger partial charge is 0.445 e. The first kappa shape index (κ1) is 25.3. The van der Waals surface area contributed by atoms with E-state index in [1.165, 1.54) is 0 Å². The number of rotatable bonds is 7. The summed E-state index contributed by atoms with van der Waals surface area (Å²) in [5, 5.41) is 9.50. The molecule has 0 saturated carbocycles. The summed E-state index contributed by atoms with van der Waals surface area (Å²) in [5.41, 5.74) is 4.72. The Kier molecular flexibility index (Phi) is 8.57. The Morgan fingerprint density at radius 1 is 0.833 bits per heavy atom. The van der Waals surface area contributed by atoms with Crippen molar-refractivity contribution in [1.29, 1.82) is 0 Å². The fourth-order valence-electron chi connectivity index (χ4n) is 4.38. The lowest BCUT2D eigenvalue weighted by Gasteiger charge is -2.40. The van der Waals surface area contributed by atoms with Crippen LogP contribution in [0.4, 0.5) is 9.59 Å². The highest BCUT2D eigenvalue weighted by Gasteiger charge is 2.34. The van der Waals surface area contributed by atoms with Crippen molar-refractivity contribution >= 4 is 12.2 Å². The second kappa shape index (κ2) is 12.2. The molecule has 3 aromatic carbocycles. The van der Waals surface area contributed by atoms with Gasteiger partial charge in [-0.25, -0.2) is 9.59 Å². The zero-order valence-electron chi connectivity index (χ0n) is 20.5. The van der Waals surface area contributed by atoms with Gasteiger partial charge in [-0.2, -0.15) is 0 Å². The highest BCUT2D eigenvalue weighted by molar-refractivity contribution is 5.71. The van der Waals surface area contributed by atoms with Gasteiger partial charge in [-0.3, -0.25) is 0 Å². The molecule has 4 rings (SSSR count). The van der Waals surface area contributed by atoms with Crippen LogP contribution in [-0.2, 0) is 35.7 Å². The molecular formula is C29H32N2O5. The Bertz CT molecular complexity index is 1150. The molecule has 3 aromatic rings. The van der Waals surface area contributed by atoms with Gasteiger partial charge in [-0.05, 0) is 41.2 Å². The first-order chi connectivity index (χ1) is 17.5. The zero-order chi connectivity index (χ0) is 25.3. The molecule has 7 nitrogen and oxygen atoms in total. The highest BCUT2D eigenvalue weighted by atomic mass is 16.6. The van der Waals surface area contributed by atoms with Crippen LogP contribution in [0.5, 0.6) is 0 Å². The van der Waals surface area contributed by atoms with Crippen LogP contribution in [0.1, 0.15) is 27.8 Å². The van der Waals surface area contributed by atoms with Crippen molar-refractivity contribution in [2.45, 2.75) is 39.2 Å². The lowest BCUT2D eigenvalue weighted by atomic mass is 9.98. The molecule has 0 aliphatic carbocycles. The molecule has 36 heavy (non-hydrogen) atoms. The van der Waals surface area contributed by atoms with Crippen LogP contribution in [-0.4, -0.2) is 52.8 Å². The second-order valence-corrected chi connectivity index (χ2v) is 9.00. The number of carbonyl (C=O) groups excluding carboxylic acids is 2. The molecule has 188 valence electrons. The summed E-state index contributed by atoms with van der Waals surface area (Å²) in [6.45, 7) is 3.39. The quantitative estimate of drug-likeness (QED) is 0.522. The number of nitrogens with zero attached hydrogens (tertiary/aromatic N) is 2. The van der Waals surface area contributed by atoms with Crippen molar-refractivity contribution in [1.82, 2.24) is 9.80 Å². The van der Waals surface area contributed by atoms with Crippen LogP contribution in [0.3, 0.4) is 0 Å². The van der Waals surface area contributed by atoms with E-state index in [1.54, 1.807) is 9.80 Å². The molecule has 1 saturated heterocycles. The number of ether oxygens (including phenoxy) is 2. The van der Waals surface area contributed by atoms with Crippen molar-refractivity contribution in [3.8, 4) is 0 Å². The van der Waals surface area contributed by atoms with Gasteiger partial charge in [-0.15, -0.1) is 0 Å². The summed E-state index contributed by atoms with van der Waals surface area (Å²) in [7, 11) is 0. The van der Waals surface area contributed by atoms with Gasteiger partial charge in [0, 0.05) is 19.6 Å². The van der Waals surface area contributed by atoms with E-state index in [0.717, 1.165) is 27.8 Å². The number of aryl methyl sites for hydroxylation is 1. The SMILES string of the molecule is Cc1cc(CC2CN(C(=O)OCc3ccccc3)CCN2C(=O)OCc2ccccc2)ccc1CO. The number of hydrogen-bond acceptors (Lipinski definition) is 5. The van der Waals surface area contributed by atoms with Gasteiger partial charge in [0.05, 0.1) is 12.6 Å². The summed E-state index contributed by atoms with van der Waals surface area (Å²) in [6, 6.07) is 24.7. The van der Waals surface area contributed by atoms with Crippen molar-refractivity contribution in [3.05, 3.63) is 107 Å². The Hall–Kier alpha value is -3.84. The van der Waals surface area contributed by atoms with Gasteiger partial charge in [-0.1, -0.05) is 78.9 Å². The van der Waals surface area contributed by atoms with Crippen molar-refractivity contribution in [2.24, 2.45) is 0 Å². The van der Waals surface area contributed by atoms with Crippen LogP contribution in [0.2, 0.25) is 0 Å². The van der Waals surface area contributed by atoms with Crippen LogP contribution in [0, 0.1) is 6.92 Å². The molecule has 1 N–H and O–H groups in total. The molecule has 1 aliphatic heterocycles. The number of piperazine rings is 1. The Balaban J connectivity index is 1.44. The highest BCUT2D eigenvalue weighted by Crippen LogP contribution is 2.20. The minimum absolute atomic E-state index is 0.0193. The molecule has 0 spiro atoms. The predicted molar refractivity (Wildman–Crippen MR) is 136 cm³/mol. The predicted octanol–water partition coefficient (Wildman–Crippen LogP) is 4.69. The molecule has 7 heteroatoms. The molecule has 1 fully saturated rings. The third-order valence-electron chi connectivity index (χ3n) is 6.43. The Labute approximate surface area is 211 Å². The molecule has 1 aliphatic rings. The molecule has 0 radical (unpaired) electrons. The maximum absolute atomic E-state index is 13.1. The smallest absolute Gasteiger partial charge is 0.410 e. The zero-order valence-corrected chi connectivity index (χ0v) is 20.5. The van der Waals surface area contributed by atoms with E-state index in [9.17, 15) is 14.7 Å². The average Bonchev–Trinajstić information content (AvgIpc) is 2.91. The molecule has 1 atom stereocenters. The maximum atomic E-state index is 13.1. The van der Waals surface area contributed by atoms with Gasteiger partial charge in [0.2, 0.25) is 0 Å². The molecule has 0 aromatic heterocycles.